The van der Waals surface area contributed by atoms with Gasteiger partial charge in [0.05, 0.1) is 33.6 Å². The van der Waals surface area contributed by atoms with Gasteiger partial charge in [0.1, 0.15) is 0 Å². The van der Waals surface area contributed by atoms with Crippen molar-refractivity contribution >= 4 is 34.7 Å². The van der Waals surface area contributed by atoms with E-state index in [0.717, 1.165) is 24.3 Å². The summed E-state index contributed by atoms with van der Waals surface area (Å²) in [6.45, 7) is 0. The zero-order valence-electron chi connectivity index (χ0n) is 20.2. The summed E-state index contributed by atoms with van der Waals surface area (Å²) >= 11 is 0. The highest BCUT2D eigenvalue weighted by molar-refractivity contribution is 5.95. The van der Waals surface area contributed by atoms with Gasteiger partial charge in [0.2, 0.25) is 0 Å². The predicted octanol–water partition coefficient (Wildman–Crippen LogP) is 8.29. The lowest BCUT2D eigenvalue weighted by atomic mass is 10.1. The van der Waals surface area contributed by atoms with Crippen molar-refractivity contribution in [3.63, 3.8) is 0 Å². The molecule has 0 spiro atoms. The van der Waals surface area contributed by atoms with Gasteiger partial charge in [-0.05, 0) is 60.7 Å². The fraction of sp³-hybridized carbons (Fsp3) is 0.0714. The van der Waals surface area contributed by atoms with E-state index in [9.17, 15) is 35.9 Å². The molecule has 0 unspecified atom stereocenters. The third kappa shape index (κ3) is 8.00. The van der Waals surface area contributed by atoms with E-state index in [1.54, 1.807) is 24.3 Å². The summed E-state index contributed by atoms with van der Waals surface area (Å²) < 4.78 is 75.6. The molecule has 0 bridgehead atoms. The molecule has 4 rings (SSSR count). The van der Waals surface area contributed by atoms with Gasteiger partial charge < -0.3 is 20.8 Å². The van der Waals surface area contributed by atoms with Crippen molar-refractivity contribution in [1.82, 2.24) is 0 Å². The Kier molecular flexibility index (Phi) is 9.04. The number of anilines is 4. The molecule has 0 saturated heterocycles. The minimum atomic E-state index is -4.44. The summed E-state index contributed by atoms with van der Waals surface area (Å²) in [5.74, 6) is -2.31. The molecule has 0 atom stereocenters. The number of rotatable bonds is 6. The van der Waals surface area contributed by atoms with Crippen molar-refractivity contribution in [2.75, 3.05) is 10.6 Å². The van der Waals surface area contributed by atoms with Crippen LogP contribution in [0.2, 0.25) is 0 Å². The van der Waals surface area contributed by atoms with Crippen LogP contribution in [0, 0.1) is 0 Å². The Morgan fingerprint density at radius 2 is 0.875 bits per heavy atom. The lowest BCUT2D eigenvalue weighted by Crippen LogP contribution is -2.06. The van der Waals surface area contributed by atoms with Gasteiger partial charge in [-0.1, -0.05) is 36.4 Å². The van der Waals surface area contributed by atoms with Crippen LogP contribution in [0.3, 0.4) is 0 Å². The van der Waals surface area contributed by atoms with Gasteiger partial charge in [-0.15, -0.1) is 0 Å². The quantitative estimate of drug-likeness (QED) is 0.177. The van der Waals surface area contributed by atoms with Crippen LogP contribution in [-0.2, 0) is 12.4 Å². The minimum Gasteiger partial charge on any atom is -0.478 e. The number of halogens is 6. The number of carboxylic acids is 2. The molecule has 6 nitrogen and oxygen atoms in total. The summed E-state index contributed by atoms with van der Waals surface area (Å²) in [6, 6.07) is 21.2. The SMILES string of the molecule is O=C(O)c1ccccc1Nc1cccc(C(F)(F)F)c1.O=C(O)c1ccccc1Nc1cccc(C(F)(F)F)c1. The molecule has 4 aromatic carbocycles. The third-order valence-electron chi connectivity index (χ3n) is 5.25. The van der Waals surface area contributed by atoms with Crippen LogP contribution in [0.25, 0.3) is 0 Å². The molecule has 0 aromatic heterocycles. The van der Waals surface area contributed by atoms with E-state index >= 15 is 0 Å². The molecule has 0 fully saturated rings. The highest BCUT2D eigenvalue weighted by Gasteiger charge is 2.31. The van der Waals surface area contributed by atoms with E-state index in [2.05, 4.69) is 10.6 Å². The first-order valence-electron chi connectivity index (χ1n) is 11.3. The van der Waals surface area contributed by atoms with Crippen LogP contribution >= 0.6 is 0 Å². The van der Waals surface area contributed by atoms with Gasteiger partial charge in [0, 0.05) is 11.4 Å². The van der Waals surface area contributed by atoms with E-state index in [0.29, 0.717) is 0 Å². The topological polar surface area (TPSA) is 98.7 Å². The van der Waals surface area contributed by atoms with Crippen molar-refractivity contribution in [1.29, 1.82) is 0 Å². The van der Waals surface area contributed by atoms with Crippen molar-refractivity contribution in [2.24, 2.45) is 0 Å². The molecule has 0 saturated carbocycles. The molecule has 0 heterocycles. The zero-order chi connectivity index (χ0) is 29.5. The fourth-order valence-electron chi connectivity index (χ4n) is 3.41. The largest absolute Gasteiger partial charge is 0.478 e. The number of alkyl halides is 6. The molecule has 4 N–H and O–H groups in total. The molecule has 0 aliphatic carbocycles. The average molecular weight is 562 g/mol. The zero-order valence-corrected chi connectivity index (χ0v) is 20.2. The number of nitrogens with one attached hydrogen (secondary N) is 2. The van der Waals surface area contributed by atoms with Gasteiger partial charge in [-0.2, -0.15) is 26.3 Å². The monoisotopic (exact) mass is 562 g/mol. The van der Waals surface area contributed by atoms with Crippen LogP contribution in [0.4, 0.5) is 49.1 Å². The van der Waals surface area contributed by atoms with E-state index in [4.69, 9.17) is 10.2 Å². The van der Waals surface area contributed by atoms with Crippen LogP contribution < -0.4 is 10.6 Å². The van der Waals surface area contributed by atoms with Gasteiger partial charge in [-0.3, -0.25) is 0 Å². The average Bonchev–Trinajstić information content (AvgIpc) is 2.89. The first-order chi connectivity index (χ1) is 18.8. The van der Waals surface area contributed by atoms with E-state index < -0.39 is 35.4 Å². The number of aromatic carboxylic acids is 2. The Hall–Kier alpha value is -5.00. The number of carboxylic acid groups (broad SMARTS) is 2. The fourth-order valence-corrected chi connectivity index (χ4v) is 3.41. The second-order valence-corrected chi connectivity index (χ2v) is 8.11. The standard InChI is InChI=1S/2C14H10F3NO2/c2*15-14(16,17)9-4-3-5-10(8-9)18-12-7-2-1-6-11(12)13(19)20/h2*1-8,18H,(H,19,20). The summed E-state index contributed by atoms with van der Waals surface area (Å²) in [7, 11) is 0. The number of benzene rings is 4. The Morgan fingerprint density at radius 1 is 0.525 bits per heavy atom. The van der Waals surface area contributed by atoms with Crippen molar-refractivity contribution in [2.45, 2.75) is 12.4 Å². The van der Waals surface area contributed by atoms with Crippen molar-refractivity contribution in [3.05, 3.63) is 119 Å². The Balaban J connectivity index is 0.000000220. The predicted molar refractivity (Wildman–Crippen MR) is 136 cm³/mol. The van der Waals surface area contributed by atoms with Gasteiger partial charge in [0.25, 0.3) is 0 Å². The molecule has 4 aromatic rings. The van der Waals surface area contributed by atoms with Gasteiger partial charge in [0.15, 0.2) is 0 Å². The summed E-state index contributed by atoms with van der Waals surface area (Å²) in [5, 5.41) is 23.4. The second kappa shape index (κ2) is 12.2. The van der Waals surface area contributed by atoms with Gasteiger partial charge in [-0.25, -0.2) is 9.59 Å². The smallest absolute Gasteiger partial charge is 0.416 e. The minimum absolute atomic E-state index is 0.00934. The second-order valence-electron chi connectivity index (χ2n) is 8.11. The van der Waals surface area contributed by atoms with Crippen LogP contribution in [0.15, 0.2) is 97.1 Å². The molecule has 0 aliphatic heterocycles. The third-order valence-corrected chi connectivity index (χ3v) is 5.25. The summed E-state index contributed by atoms with van der Waals surface area (Å²) in [5.41, 5.74) is -0.791. The Morgan fingerprint density at radius 3 is 1.20 bits per heavy atom. The molecule has 0 aliphatic rings. The number of carbonyl (C=O) groups is 2. The maximum Gasteiger partial charge on any atom is 0.416 e. The van der Waals surface area contributed by atoms with Crippen LogP contribution in [0.1, 0.15) is 31.8 Å². The normalized spacial score (nSPS) is 11.2. The lowest BCUT2D eigenvalue weighted by molar-refractivity contribution is -0.138. The summed E-state index contributed by atoms with van der Waals surface area (Å²) in [6.07, 6.45) is -8.88. The lowest BCUT2D eigenvalue weighted by Gasteiger charge is -2.12. The Labute approximate surface area is 223 Å². The summed E-state index contributed by atoms with van der Waals surface area (Å²) in [4.78, 5) is 22.0. The molecule has 0 radical (unpaired) electrons. The Bertz CT molecular complexity index is 1390. The molecule has 12 heteroatoms. The van der Waals surface area contributed by atoms with Crippen LogP contribution in [-0.4, -0.2) is 22.2 Å². The maximum atomic E-state index is 12.6. The first kappa shape index (κ1) is 29.6. The number of hydrogen-bond acceptors (Lipinski definition) is 4. The van der Waals surface area contributed by atoms with E-state index in [-0.39, 0.29) is 33.9 Å². The highest BCUT2D eigenvalue weighted by Crippen LogP contribution is 2.33. The highest BCUT2D eigenvalue weighted by atomic mass is 19.4. The van der Waals surface area contributed by atoms with Crippen molar-refractivity contribution < 1.29 is 46.1 Å². The van der Waals surface area contributed by atoms with Gasteiger partial charge >= 0.3 is 24.3 Å². The molecule has 0 amide bonds. The molecular weight excluding hydrogens is 542 g/mol. The molecule has 40 heavy (non-hydrogen) atoms. The first-order valence-corrected chi connectivity index (χ1v) is 11.3. The molecule has 208 valence electrons. The molecular formula is C28H20F6N2O4. The van der Waals surface area contributed by atoms with E-state index in [1.165, 1.54) is 48.5 Å². The maximum absolute atomic E-state index is 12.6. The number of hydrogen-bond donors (Lipinski definition) is 4. The van der Waals surface area contributed by atoms with Crippen molar-refractivity contribution in [3.8, 4) is 0 Å². The number of para-hydroxylation sites is 2. The van der Waals surface area contributed by atoms with E-state index in [1.807, 2.05) is 0 Å². The van der Waals surface area contributed by atoms with Crippen LogP contribution in [0.5, 0.6) is 0 Å².